The first-order valence-corrected chi connectivity index (χ1v) is 7.73. The second kappa shape index (κ2) is 9.58. The number of esters is 1. The van der Waals surface area contributed by atoms with Crippen molar-refractivity contribution in [2.75, 3.05) is 0 Å². The van der Waals surface area contributed by atoms with Crippen LogP contribution in [0.2, 0.25) is 10.3 Å². The van der Waals surface area contributed by atoms with Crippen LogP contribution < -0.4 is 11.5 Å². The first-order chi connectivity index (χ1) is 11.3. The largest absolute Gasteiger partial charge is 0.460 e. The van der Waals surface area contributed by atoms with Crippen LogP contribution in [0.1, 0.15) is 21.5 Å². The van der Waals surface area contributed by atoms with E-state index in [0.29, 0.717) is 16.7 Å². The lowest BCUT2D eigenvalue weighted by Crippen LogP contribution is -2.34. The molecule has 9 heteroatoms. The van der Waals surface area contributed by atoms with Crippen molar-refractivity contribution in [1.29, 1.82) is 0 Å². The standard InChI is InChI=1S/C16H15Cl2N3O3.ClH/c17-13-6-10(7-14(18)21-13)8-24-16(23)12(19)5-9-2-1-3-11(4-9)15(20)22;/h1-4,6-7,12H,5,8,19H2,(H2,20,22);1H/t12-;/m0./s1. The van der Waals surface area contributed by atoms with Gasteiger partial charge in [-0.25, -0.2) is 4.98 Å². The minimum Gasteiger partial charge on any atom is -0.460 e. The summed E-state index contributed by atoms with van der Waals surface area (Å²) >= 11 is 11.6. The van der Waals surface area contributed by atoms with Crippen LogP contribution >= 0.6 is 35.6 Å². The van der Waals surface area contributed by atoms with Crippen LogP contribution in [0, 0.1) is 0 Å². The van der Waals surface area contributed by atoms with E-state index >= 15 is 0 Å². The van der Waals surface area contributed by atoms with Gasteiger partial charge in [0.2, 0.25) is 5.91 Å². The van der Waals surface area contributed by atoms with Crippen LogP contribution in [-0.4, -0.2) is 22.9 Å². The van der Waals surface area contributed by atoms with Gasteiger partial charge in [-0.1, -0.05) is 35.3 Å². The van der Waals surface area contributed by atoms with Crippen molar-refractivity contribution < 1.29 is 14.3 Å². The number of pyridine rings is 1. The maximum atomic E-state index is 12.0. The van der Waals surface area contributed by atoms with Crippen molar-refractivity contribution in [3.8, 4) is 0 Å². The summed E-state index contributed by atoms with van der Waals surface area (Å²) in [5.74, 6) is -1.12. The number of carbonyl (C=O) groups is 2. The number of ether oxygens (including phenoxy) is 1. The van der Waals surface area contributed by atoms with E-state index in [-0.39, 0.29) is 35.7 Å². The summed E-state index contributed by atoms with van der Waals surface area (Å²) in [6.45, 7) is -0.0180. The van der Waals surface area contributed by atoms with E-state index in [1.54, 1.807) is 36.4 Å². The van der Waals surface area contributed by atoms with Gasteiger partial charge in [-0.15, -0.1) is 12.4 Å². The molecule has 0 aliphatic heterocycles. The zero-order valence-corrected chi connectivity index (χ0v) is 15.3. The highest BCUT2D eigenvalue weighted by Crippen LogP contribution is 2.15. The maximum absolute atomic E-state index is 12.0. The van der Waals surface area contributed by atoms with E-state index in [1.807, 2.05) is 0 Å². The molecule has 1 heterocycles. The van der Waals surface area contributed by atoms with Gasteiger partial charge in [0.15, 0.2) is 0 Å². The third kappa shape index (κ3) is 6.51. The lowest BCUT2D eigenvalue weighted by Gasteiger charge is -2.12. The molecule has 1 atom stereocenters. The van der Waals surface area contributed by atoms with Crippen molar-refractivity contribution in [2.45, 2.75) is 19.1 Å². The highest BCUT2D eigenvalue weighted by atomic mass is 35.5. The highest BCUT2D eigenvalue weighted by molar-refractivity contribution is 6.32. The fourth-order valence-electron chi connectivity index (χ4n) is 2.05. The predicted molar refractivity (Wildman–Crippen MR) is 97.9 cm³/mol. The number of nitrogens with two attached hydrogens (primary N) is 2. The van der Waals surface area contributed by atoms with E-state index in [9.17, 15) is 9.59 Å². The van der Waals surface area contributed by atoms with E-state index in [0.717, 1.165) is 0 Å². The molecule has 0 bridgehead atoms. The smallest absolute Gasteiger partial charge is 0.323 e. The molecule has 1 aromatic carbocycles. The molecular formula is C16H16Cl3N3O3. The van der Waals surface area contributed by atoms with Crippen LogP contribution in [0.4, 0.5) is 0 Å². The Bertz CT molecular complexity index is 751. The molecule has 1 amide bonds. The summed E-state index contributed by atoms with van der Waals surface area (Å²) in [6, 6.07) is 8.83. The summed E-state index contributed by atoms with van der Waals surface area (Å²) in [5, 5.41) is 0.419. The van der Waals surface area contributed by atoms with Crippen LogP contribution in [0.5, 0.6) is 0 Å². The quantitative estimate of drug-likeness (QED) is 0.568. The lowest BCUT2D eigenvalue weighted by molar-refractivity contribution is -0.146. The number of amides is 1. The second-order valence-electron chi connectivity index (χ2n) is 5.10. The Hall–Kier alpha value is -1.86. The number of rotatable bonds is 6. The monoisotopic (exact) mass is 403 g/mol. The maximum Gasteiger partial charge on any atom is 0.323 e. The molecule has 0 aliphatic carbocycles. The molecule has 0 fully saturated rings. The molecule has 0 saturated heterocycles. The average Bonchev–Trinajstić information content (AvgIpc) is 2.51. The second-order valence-corrected chi connectivity index (χ2v) is 5.88. The van der Waals surface area contributed by atoms with Gasteiger partial charge in [0.1, 0.15) is 23.0 Å². The number of halogens is 3. The summed E-state index contributed by atoms with van der Waals surface area (Å²) in [6.07, 6.45) is 0.220. The molecule has 2 aromatic rings. The fraction of sp³-hybridized carbons (Fsp3) is 0.188. The van der Waals surface area contributed by atoms with Gasteiger partial charge in [0.05, 0.1) is 0 Å². The molecule has 0 saturated carbocycles. The Morgan fingerprint density at radius 3 is 2.36 bits per heavy atom. The Balaban J connectivity index is 0.00000312. The SMILES string of the molecule is Cl.NC(=O)c1cccc(C[C@H](N)C(=O)OCc2cc(Cl)nc(Cl)c2)c1. The number of nitrogens with zero attached hydrogens (tertiary/aromatic N) is 1. The molecule has 0 aliphatic rings. The summed E-state index contributed by atoms with van der Waals surface area (Å²) in [7, 11) is 0. The molecule has 4 N–H and O–H groups in total. The summed E-state index contributed by atoms with van der Waals surface area (Å²) in [5.41, 5.74) is 12.7. The van der Waals surface area contributed by atoms with Gasteiger partial charge in [-0.2, -0.15) is 0 Å². The molecule has 2 rings (SSSR count). The van der Waals surface area contributed by atoms with Crippen LogP contribution in [0.15, 0.2) is 36.4 Å². The van der Waals surface area contributed by atoms with Crippen molar-refractivity contribution in [1.82, 2.24) is 4.98 Å². The molecule has 25 heavy (non-hydrogen) atoms. The molecular weight excluding hydrogens is 389 g/mol. The highest BCUT2D eigenvalue weighted by Gasteiger charge is 2.16. The topological polar surface area (TPSA) is 108 Å². The van der Waals surface area contributed by atoms with Gasteiger partial charge in [0.25, 0.3) is 0 Å². The molecule has 0 spiro atoms. The van der Waals surface area contributed by atoms with Crippen molar-refractivity contribution in [2.24, 2.45) is 11.5 Å². The number of hydrogen-bond acceptors (Lipinski definition) is 5. The lowest BCUT2D eigenvalue weighted by atomic mass is 10.0. The third-order valence-electron chi connectivity index (χ3n) is 3.17. The normalized spacial score (nSPS) is 11.3. The van der Waals surface area contributed by atoms with Crippen molar-refractivity contribution in [3.63, 3.8) is 0 Å². The number of benzene rings is 1. The van der Waals surface area contributed by atoms with Gasteiger partial charge < -0.3 is 16.2 Å². The Morgan fingerprint density at radius 1 is 1.12 bits per heavy atom. The molecule has 0 radical (unpaired) electrons. The summed E-state index contributed by atoms with van der Waals surface area (Å²) < 4.78 is 5.15. The van der Waals surface area contributed by atoms with E-state index in [2.05, 4.69) is 4.98 Å². The van der Waals surface area contributed by atoms with Crippen LogP contribution in [-0.2, 0) is 22.6 Å². The van der Waals surface area contributed by atoms with Gasteiger partial charge in [0, 0.05) is 5.56 Å². The van der Waals surface area contributed by atoms with Gasteiger partial charge >= 0.3 is 5.97 Å². The molecule has 0 unspecified atom stereocenters. The third-order valence-corrected chi connectivity index (χ3v) is 3.56. The van der Waals surface area contributed by atoms with Crippen LogP contribution in [0.25, 0.3) is 0 Å². The summed E-state index contributed by atoms with van der Waals surface area (Å²) in [4.78, 5) is 27.0. The molecule has 1 aromatic heterocycles. The van der Waals surface area contributed by atoms with Crippen molar-refractivity contribution in [3.05, 3.63) is 63.4 Å². The van der Waals surface area contributed by atoms with Gasteiger partial charge in [-0.3, -0.25) is 9.59 Å². The first kappa shape index (κ1) is 21.2. The van der Waals surface area contributed by atoms with Gasteiger partial charge in [-0.05, 0) is 41.8 Å². The first-order valence-electron chi connectivity index (χ1n) is 6.98. The number of primary amides is 1. The predicted octanol–water partition coefficient (Wildman–Crippen LogP) is 2.52. The fourth-order valence-corrected chi connectivity index (χ4v) is 2.55. The van der Waals surface area contributed by atoms with Crippen molar-refractivity contribution >= 4 is 47.5 Å². The van der Waals surface area contributed by atoms with Crippen LogP contribution in [0.3, 0.4) is 0 Å². The number of carbonyl (C=O) groups excluding carboxylic acids is 2. The minimum atomic E-state index is -0.874. The number of aromatic nitrogens is 1. The Kier molecular flexibility index (Phi) is 8.12. The molecule has 134 valence electrons. The van der Waals surface area contributed by atoms with E-state index in [1.165, 1.54) is 0 Å². The Labute approximate surface area is 160 Å². The zero-order valence-electron chi connectivity index (χ0n) is 12.9. The average molecular weight is 405 g/mol. The zero-order chi connectivity index (χ0) is 17.7. The Morgan fingerprint density at radius 2 is 1.76 bits per heavy atom. The molecule has 6 nitrogen and oxygen atoms in total. The van der Waals surface area contributed by atoms with E-state index < -0.39 is 17.9 Å². The minimum absolute atomic E-state index is 0. The number of hydrogen-bond donors (Lipinski definition) is 2. The van der Waals surface area contributed by atoms with E-state index in [4.69, 9.17) is 39.4 Å².